The smallest absolute Gasteiger partial charge is 0.171 e. The van der Waals surface area contributed by atoms with Gasteiger partial charge in [-0.15, -0.1) is 0 Å². The van der Waals surface area contributed by atoms with E-state index < -0.39 is 0 Å². The summed E-state index contributed by atoms with van der Waals surface area (Å²) in [6.07, 6.45) is 1.40. The molecular formula is C6H7ClN2O. The van der Waals surface area contributed by atoms with Crippen LogP contribution in [0.5, 0.6) is 0 Å². The van der Waals surface area contributed by atoms with E-state index in [0.717, 1.165) is 12.1 Å². The normalized spacial score (nSPS) is 9.80. The molecule has 1 aromatic heterocycles. The lowest BCUT2D eigenvalue weighted by Gasteiger charge is -1.86. The number of aromatic amines is 1. The predicted molar refractivity (Wildman–Crippen MR) is 38.4 cm³/mol. The summed E-state index contributed by atoms with van der Waals surface area (Å²) in [5.41, 5.74) is 1.10. The molecule has 1 heterocycles. The van der Waals surface area contributed by atoms with Crippen molar-refractivity contribution in [1.82, 2.24) is 10.2 Å². The summed E-state index contributed by atoms with van der Waals surface area (Å²) in [6.45, 7) is 1.94. The number of nitrogens with zero attached hydrogens (tertiary/aromatic N) is 1. The largest absolute Gasteiger partial charge is 0.296 e. The van der Waals surface area contributed by atoms with Gasteiger partial charge < -0.3 is 0 Å². The topological polar surface area (TPSA) is 45.8 Å². The van der Waals surface area contributed by atoms with Crippen LogP contribution in [0.15, 0.2) is 0 Å². The Labute approximate surface area is 63.4 Å². The van der Waals surface area contributed by atoms with E-state index in [-0.39, 0.29) is 0 Å². The molecule has 0 bridgehead atoms. The van der Waals surface area contributed by atoms with Gasteiger partial charge in [-0.2, -0.15) is 5.10 Å². The van der Waals surface area contributed by atoms with E-state index in [1.165, 1.54) is 0 Å². The number of hydrogen-bond acceptors (Lipinski definition) is 2. The van der Waals surface area contributed by atoms with Gasteiger partial charge >= 0.3 is 0 Å². The summed E-state index contributed by atoms with van der Waals surface area (Å²) in [6, 6.07) is 0. The van der Waals surface area contributed by atoms with Gasteiger partial charge in [-0.05, 0) is 6.42 Å². The Kier molecular flexibility index (Phi) is 2.06. The van der Waals surface area contributed by atoms with Gasteiger partial charge in [0.2, 0.25) is 0 Å². The monoisotopic (exact) mass is 158 g/mol. The molecule has 0 fully saturated rings. The lowest BCUT2D eigenvalue weighted by atomic mass is 10.3. The van der Waals surface area contributed by atoms with Crippen molar-refractivity contribution in [3.8, 4) is 0 Å². The molecule has 1 aromatic rings. The minimum Gasteiger partial charge on any atom is -0.296 e. The van der Waals surface area contributed by atoms with E-state index in [0.29, 0.717) is 17.0 Å². The van der Waals surface area contributed by atoms with Crippen LogP contribution in [-0.4, -0.2) is 16.5 Å². The van der Waals surface area contributed by atoms with Crippen molar-refractivity contribution in [1.29, 1.82) is 0 Å². The fraction of sp³-hybridized carbons (Fsp3) is 0.333. The van der Waals surface area contributed by atoms with E-state index in [2.05, 4.69) is 10.2 Å². The Bertz CT molecular complexity index is 244. The van der Waals surface area contributed by atoms with Crippen molar-refractivity contribution in [3.63, 3.8) is 0 Å². The molecule has 0 saturated carbocycles. The number of carbonyl (C=O) groups excluding carboxylic acids is 1. The average Bonchev–Trinajstić information content (AvgIpc) is 2.30. The third-order valence-electron chi connectivity index (χ3n) is 1.27. The van der Waals surface area contributed by atoms with Gasteiger partial charge in [0.05, 0.1) is 10.7 Å². The van der Waals surface area contributed by atoms with Crippen molar-refractivity contribution < 1.29 is 4.79 Å². The molecule has 0 aromatic carbocycles. The lowest BCUT2D eigenvalue weighted by Crippen LogP contribution is -1.79. The highest BCUT2D eigenvalue weighted by atomic mass is 35.5. The maximum atomic E-state index is 10.2. The second kappa shape index (κ2) is 2.84. The average molecular weight is 159 g/mol. The first-order chi connectivity index (χ1) is 4.79. The molecule has 54 valence electrons. The van der Waals surface area contributed by atoms with Crippen LogP contribution in [0.1, 0.15) is 23.1 Å². The zero-order chi connectivity index (χ0) is 7.56. The summed E-state index contributed by atoms with van der Waals surface area (Å²) in [5, 5.41) is 6.78. The molecule has 10 heavy (non-hydrogen) atoms. The van der Waals surface area contributed by atoms with Crippen molar-refractivity contribution >= 4 is 17.9 Å². The molecule has 0 atom stereocenters. The molecule has 4 heteroatoms. The van der Waals surface area contributed by atoms with Crippen molar-refractivity contribution in [2.75, 3.05) is 0 Å². The maximum absolute atomic E-state index is 10.2. The van der Waals surface area contributed by atoms with Crippen LogP contribution in [-0.2, 0) is 6.42 Å². The molecule has 0 aliphatic rings. The number of H-pyrrole nitrogens is 1. The molecule has 3 nitrogen and oxygen atoms in total. The van der Waals surface area contributed by atoms with E-state index in [1.54, 1.807) is 0 Å². The highest BCUT2D eigenvalue weighted by Crippen LogP contribution is 2.16. The zero-order valence-corrected chi connectivity index (χ0v) is 6.27. The number of carbonyl (C=O) groups is 1. The van der Waals surface area contributed by atoms with E-state index in [4.69, 9.17) is 11.6 Å². The van der Waals surface area contributed by atoms with E-state index >= 15 is 0 Å². The molecule has 0 aliphatic carbocycles. The van der Waals surface area contributed by atoms with Crippen LogP contribution < -0.4 is 0 Å². The predicted octanol–water partition coefficient (Wildman–Crippen LogP) is 1.44. The Hall–Kier alpha value is -0.830. The molecular weight excluding hydrogens is 152 g/mol. The van der Waals surface area contributed by atoms with Crippen LogP contribution in [0.3, 0.4) is 0 Å². The zero-order valence-electron chi connectivity index (χ0n) is 5.52. The second-order valence-electron chi connectivity index (χ2n) is 1.87. The molecule has 1 rings (SSSR count). The first kappa shape index (κ1) is 7.28. The van der Waals surface area contributed by atoms with Crippen molar-refractivity contribution in [2.24, 2.45) is 0 Å². The summed E-state index contributed by atoms with van der Waals surface area (Å²) in [7, 11) is 0. The molecule has 0 aliphatic heterocycles. The van der Waals surface area contributed by atoms with Crippen LogP contribution in [0, 0.1) is 0 Å². The number of aryl methyl sites for hydroxylation is 1. The molecule has 0 saturated heterocycles. The Balaban J connectivity index is 3.08. The number of hydrogen-bond donors (Lipinski definition) is 1. The van der Waals surface area contributed by atoms with E-state index in [1.807, 2.05) is 6.92 Å². The number of aldehydes is 1. The molecule has 0 unspecified atom stereocenters. The lowest BCUT2D eigenvalue weighted by molar-refractivity contribution is 0.111. The third kappa shape index (κ3) is 1.04. The van der Waals surface area contributed by atoms with Crippen LogP contribution in [0.2, 0.25) is 5.02 Å². The Morgan fingerprint density at radius 2 is 2.50 bits per heavy atom. The maximum Gasteiger partial charge on any atom is 0.171 e. The van der Waals surface area contributed by atoms with Gasteiger partial charge in [-0.1, -0.05) is 18.5 Å². The van der Waals surface area contributed by atoms with Gasteiger partial charge in [0.1, 0.15) is 5.69 Å². The Morgan fingerprint density at radius 3 is 2.80 bits per heavy atom. The fourth-order valence-electron chi connectivity index (χ4n) is 0.693. The van der Waals surface area contributed by atoms with Gasteiger partial charge in [-0.25, -0.2) is 0 Å². The highest BCUT2D eigenvalue weighted by Gasteiger charge is 2.06. The molecule has 1 N–H and O–H groups in total. The molecule has 0 amide bonds. The van der Waals surface area contributed by atoms with E-state index in [9.17, 15) is 4.79 Å². The minimum absolute atomic E-state index is 0.290. The third-order valence-corrected chi connectivity index (χ3v) is 1.69. The number of aromatic nitrogens is 2. The Morgan fingerprint density at radius 1 is 1.80 bits per heavy atom. The van der Waals surface area contributed by atoms with Crippen LogP contribution >= 0.6 is 11.6 Å². The van der Waals surface area contributed by atoms with Gasteiger partial charge in [0.25, 0.3) is 0 Å². The van der Waals surface area contributed by atoms with Gasteiger partial charge in [0.15, 0.2) is 6.29 Å². The fourth-order valence-corrected chi connectivity index (χ4v) is 0.955. The molecule has 0 radical (unpaired) electrons. The first-order valence-corrected chi connectivity index (χ1v) is 3.35. The summed E-state index contributed by atoms with van der Waals surface area (Å²) < 4.78 is 0. The second-order valence-corrected chi connectivity index (χ2v) is 2.25. The SMILES string of the molecule is CCc1[nH]nc(C=O)c1Cl. The van der Waals surface area contributed by atoms with Crippen molar-refractivity contribution in [3.05, 3.63) is 16.4 Å². The standard InChI is InChI=1S/C6H7ClN2O/c1-2-4-6(7)5(3-10)9-8-4/h3H,2H2,1H3,(H,8,9). The quantitative estimate of drug-likeness (QED) is 0.662. The van der Waals surface area contributed by atoms with Gasteiger partial charge in [-0.3, -0.25) is 9.89 Å². The summed E-state index contributed by atoms with van der Waals surface area (Å²) in [5.74, 6) is 0. The van der Waals surface area contributed by atoms with Crippen molar-refractivity contribution in [2.45, 2.75) is 13.3 Å². The van der Waals surface area contributed by atoms with Crippen LogP contribution in [0.25, 0.3) is 0 Å². The minimum atomic E-state index is 0.290. The molecule has 0 spiro atoms. The number of rotatable bonds is 2. The number of nitrogens with one attached hydrogen (secondary N) is 1. The highest BCUT2D eigenvalue weighted by molar-refractivity contribution is 6.33. The van der Waals surface area contributed by atoms with Gasteiger partial charge in [0, 0.05) is 0 Å². The summed E-state index contributed by atoms with van der Waals surface area (Å²) in [4.78, 5) is 10.2. The summed E-state index contributed by atoms with van der Waals surface area (Å²) >= 11 is 5.70. The number of halogens is 1. The first-order valence-electron chi connectivity index (χ1n) is 2.97. The van der Waals surface area contributed by atoms with Crippen LogP contribution in [0.4, 0.5) is 0 Å².